The van der Waals surface area contributed by atoms with E-state index >= 15 is 0 Å². The van der Waals surface area contributed by atoms with Gasteiger partial charge in [0.2, 0.25) is 0 Å². The van der Waals surface area contributed by atoms with Gasteiger partial charge in [-0.2, -0.15) is 0 Å². The van der Waals surface area contributed by atoms with Gasteiger partial charge in [-0.1, -0.05) is 84.8 Å². The predicted octanol–water partition coefficient (Wildman–Crippen LogP) is 9.27. The molecular formula is C30H57N. The second kappa shape index (κ2) is 12.8. The molecule has 0 radical (unpaired) electrons. The van der Waals surface area contributed by atoms with E-state index in [-0.39, 0.29) is 0 Å². The summed E-state index contributed by atoms with van der Waals surface area (Å²) in [7, 11) is 4.46. The lowest BCUT2D eigenvalue weighted by Crippen LogP contribution is -2.45. The first-order valence-electron chi connectivity index (χ1n) is 14.1. The minimum Gasteiger partial charge on any atom is -0.309 e. The van der Waals surface area contributed by atoms with Crippen molar-refractivity contribution < 1.29 is 0 Å². The zero-order valence-corrected chi connectivity index (χ0v) is 22.6. The van der Waals surface area contributed by atoms with Crippen molar-refractivity contribution in [3.8, 4) is 0 Å². The highest BCUT2D eigenvalue weighted by molar-refractivity contribution is 5.12. The largest absolute Gasteiger partial charge is 0.309 e. The van der Waals surface area contributed by atoms with Crippen LogP contribution in [0.4, 0.5) is 0 Å². The van der Waals surface area contributed by atoms with Crippen LogP contribution in [0.5, 0.6) is 0 Å². The summed E-state index contributed by atoms with van der Waals surface area (Å²) in [4.78, 5) is 2.38. The minimum atomic E-state index is 0.485. The van der Waals surface area contributed by atoms with E-state index in [1.165, 1.54) is 103 Å². The van der Waals surface area contributed by atoms with Gasteiger partial charge in [0.25, 0.3) is 0 Å². The number of unbranched alkanes of at least 4 members (excludes halogenated alkanes) is 3. The SMILES string of the molecule is CCCCCC1CCCC2(C)CC(CC)C2CC=C1CCCCC(C)(CC)CN(C)C. The van der Waals surface area contributed by atoms with Crippen LogP contribution >= 0.6 is 0 Å². The Morgan fingerprint density at radius 1 is 1.10 bits per heavy atom. The Bertz CT molecular complexity index is 535. The molecule has 31 heavy (non-hydrogen) atoms. The van der Waals surface area contributed by atoms with E-state index in [0.29, 0.717) is 10.8 Å². The van der Waals surface area contributed by atoms with Crippen molar-refractivity contribution in [1.82, 2.24) is 4.90 Å². The number of nitrogens with zero attached hydrogens (tertiary/aromatic N) is 1. The fourth-order valence-corrected chi connectivity index (χ4v) is 7.17. The standard InChI is InChI=1S/C30H57N/c1-8-11-12-16-26-18-15-22-30(5)23-25(9-2)28(30)20-19-27(26)17-13-14-21-29(4,10-3)24-31(6)7/h19,25-26,28H,8-18,20-24H2,1-7H3. The third kappa shape index (κ3) is 7.90. The van der Waals surface area contributed by atoms with Crippen LogP contribution in [0.3, 0.4) is 0 Å². The van der Waals surface area contributed by atoms with Gasteiger partial charge in [0.1, 0.15) is 0 Å². The average Bonchev–Trinajstić information content (AvgIpc) is 2.76. The van der Waals surface area contributed by atoms with Crippen molar-refractivity contribution in [2.45, 2.75) is 131 Å². The molecule has 1 nitrogen and oxygen atoms in total. The van der Waals surface area contributed by atoms with Crippen molar-refractivity contribution in [3.05, 3.63) is 11.6 Å². The molecule has 0 aromatic rings. The number of fused-ring (bicyclic) bond motifs is 1. The van der Waals surface area contributed by atoms with Crippen LogP contribution in [-0.4, -0.2) is 25.5 Å². The maximum atomic E-state index is 2.78. The molecule has 0 spiro atoms. The molecule has 0 aromatic carbocycles. The van der Waals surface area contributed by atoms with Crippen molar-refractivity contribution in [2.24, 2.45) is 28.6 Å². The molecule has 2 rings (SSSR count). The van der Waals surface area contributed by atoms with E-state index in [1.54, 1.807) is 0 Å². The fourth-order valence-electron chi connectivity index (χ4n) is 7.17. The summed E-state index contributed by atoms with van der Waals surface area (Å²) in [6, 6.07) is 0. The maximum absolute atomic E-state index is 2.78. The van der Waals surface area contributed by atoms with E-state index < -0.39 is 0 Å². The van der Waals surface area contributed by atoms with Crippen molar-refractivity contribution in [1.29, 1.82) is 0 Å². The zero-order valence-electron chi connectivity index (χ0n) is 22.6. The lowest BCUT2D eigenvalue weighted by Gasteiger charge is -2.54. The summed E-state index contributed by atoms with van der Waals surface area (Å²) in [5, 5.41) is 0. The molecule has 0 aliphatic heterocycles. The van der Waals surface area contributed by atoms with Crippen LogP contribution < -0.4 is 0 Å². The van der Waals surface area contributed by atoms with E-state index in [4.69, 9.17) is 0 Å². The lowest BCUT2D eigenvalue weighted by molar-refractivity contribution is -0.0361. The molecule has 2 aliphatic rings. The normalized spacial score (nSPS) is 31.1. The molecule has 0 saturated heterocycles. The molecule has 1 saturated carbocycles. The Labute approximate surface area is 196 Å². The Morgan fingerprint density at radius 2 is 1.87 bits per heavy atom. The molecule has 1 fully saturated rings. The monoisotopic (exact) mass is 431 g/mol. The molecule has 0 N–H and O–H groups in total. The third-order valence-corrected chi connectivity index (χ3v) is 9.38. The van der Waals surface area contributed by atoms with Gasteiger partial charge >= 0.3 is 0 Å². The summed E-state index contributed by atoms with van der Waals surface area (Å²) in [6.45, 7) is 13.5. The van der Waals surface area contributed by atoms with E-state index in [0.717, 1.165) is 17.8 Å². The lowest BCUT2D eigenvalue weighted by atomic mass is 9.51. The van der Waals surface area contributed by atoms with Crippen LogP contribution in [0.2, 0.25) is 0 Å². The highest BCUT2D eigenvalue weighted by atomic mass is 15.1. The fraction of sp³-hybridized carbons (Fsp3) is 0.933. The van der Waals surface area contributed by atoms with E-state index in [2.05, 4.69) is 59.7 Å². The van der Waals surface area contributed by atoms with Gasteiger partial charge in [-0.3, -0.25) is 0 Å². The predicted molar refractivity (Wildman–Crippen MR) is 140 cm³/mol. The van der Waals surface area contributed by atoms with Crippen LogP contribution in [0.1, 0.15) is 131 Å². The number of allylic oxidation sites excluding steroid dienone is 2. The van der Waals surface area contributed by atoms with Gasteiger partial charge in [-0.05, 0) is 100 Å². The molecule has 5 atom stereocenters. The first-order valence-corrected chi connectivity index (χ1v) is 14.1. The van der Waals surface area contributed by atoms with Gasteiger partial charge in [-0.15, -0.1) is 0 Å². The number of hydrogen-bond donors (Lipinski definition) is 0. The second-order valence-corrected chi connectivity index (χ2v) is 12.3. The van der Waals surface area contributed by atoms with Gasteiger partial charge in [-0.25, -0.2) is 0 Å². The molecule has 0 bridgehead atoms. The van der Waals surface area contributed by atoms with Crippen molar-refractivity contribution >= 4 is 0 Å². The summed E-state index contributed by atoms with van der Waals surface area (Å²) in [5.74, 6) is 2.84. The van der Waals surface area contributed by atoms with Gasteiger partial charge in [0, 0.05) is 6.54 Å². The highest BCUT2D eigenvalue weighted by Crippen LogP contribution is 2.57. The first-order chi connectivity index (χ1) is 14.8. The van der Waals surface area contributed by atoms with Crippen LogP contribution in [-0.2, 0) is 0 Å². The zero-order chi connectivity index (χ0) is 22.9. The van der Waals surface area contributed by atoms with Crippen LogP contribution in [0.25, 0.3) is 0 Å². The highest BCUT2D eigenvalue weighted by Gasteiger charge is 2.48. The summed E-state index contributed by atoms with van der Waals surface area (Å²) in [6.07, 6.45) is 24.0. The van der Waals surface area contributed by atoms with E-state index in [9.17, 15) is 0 Å². The second-order valence-electron chi connectivity index (χ2n) is 12.3. The molecule has 0 amide bonds. The van der Waals surface area contributed by atoms with Crippen molar-refractivity contribution in [3.63, 3.8) is 0 Å². The Kier molecular flexibility index (Phi) is 11.1. The maximum Gasteiger partial charge on any atom is 0.00291 e. The summed E-state index contributed by atoms with van der Waals surface area (Å²) < 4.78 is 0. The van der Waals surface area contributed by atoms with Gasteiger partial charge < -0.3 is 4.90 Å². The molecule has 2 aliphatic carbocycles. The summed E-state index contributed by atoms with van der Waals surface area (Å²) >= 11 is 0. The van der Waals surface area contributed by atoms with Gasteiger partial charge in [0.05, 0.1) is 0 Å². The Morgan fingerprint density at radius 3 is 2.52 bits per heavy atom. The van der Waals surface area contributed by atoms with Gasteiger partial charge in [0.15, 0.2) is 0 Å². The average molecular weight is 432 g/mol. The Hall–Kier alpha value is -0.300. The molecule has 5 unspecified atom stereocenters. The molecule has 0 heterocycles. The van der Waals surface area contributed by atoms with Crippen LogP contribution in [0.15, 0.2) is 11.6 Å². The number of hydrogen-bond acceptors (Lipinski definition) is 1. The molecule has 182 valence electrons. The molecular weight excluding hydrogens is 374 g/mol. The topological polar surface area (TPSA) is 3.24 Å². The molecule has 1 heteroatoms. The smallest absolute Gasteiger partial charge is 0.00291 e. The van der Waals surface area contributed by atoms with Crippen molar-refractivity contribution in [2.75, 3.05) is 20.6 Å². The van der Waals surface area contributed by atoms with Crippen LogP contribution in [0, 0.1) is 28.6 Å². The first kappa shape index (κ1) is 26.9. The number of rotatable bonds is 13. The third-order valence-electron chi connectivity index (χ3n) is 9.38. The minimum absolute atomic E-state index is 0.485. The summed E-state index contributed by atoms with van der Waals surface area (Å²) in [5.41, 5.74) is 3.00. The van der Waals surface area contributed by atoms with E-state index in [1.807, 2.05) is 5.57 Å². The molecule has 0 aromatic heterocycles. The Balaban J connectivity index is 2.00. The quantitative estimate of drug-likeness (QED) is 0.207.